The lowest BCUT2D eigenvalue weighted by atomic mass is 9.83. The van der Waals surface area contributed by atoms with E-state index < -0.39 is 10.0 Å². The zero-order chi connectivity index (χ0) is 13.3. The van der Waals surface area contributed by atoms with Crippen molar-refractivity contribution in [3.63, 3.8) is 0 Å². The first-order chi connectivity index (χ1) is 8.42. The van der Waals surface area contributed by atoms with Crippen LogP contribution in [-0.4, -0.2) is 19.6 Å². The number of benzene rings is 1. The molecule has 0 unspecified atom stereocenters. The van der Waals surface area contributed by atoms with Crippen molar-refractivity contribution in [3.05, 3.63) is 28.8 Å². The van der Waals surface area contributed by atoms with Gasteiger partial charge in [-0.2, -0.15) is 0 Å². The van der Waals surface area contributed by atoms with Crippen LogP contribution in [0.5, 0.6) is 0 Å². The van der Waals surface area contributed by atoms with Gasteiger partial charge in [0.1, 0.15) is 0 Å². The van der Waals surface area contributed by atoms with Gasteiger partial charge in [0.25, 0.3) is 0 Å². The highest BCUT2D eigenvalue weighted by Crippen LogP contribution is 2.28. The van der Waals surface area contributed by atoms with Crippen LogP contribution in [0, 0.1) is 5.92 Å². The average Bonchev–Trinajstić information content (AvgIpc) is 2.27. The van der Waals surface area contributed by atoms with Gasteiger partial charge < -0.3 is 5.11 Å². The van der Waals surface area contributed by atoms with Crippen LogP contribution in [0.3, 0.4) is 0 Å². The van der Waals surface area contributed by atoms with Gasteiger partial charge in [0.2, 0.25) is 10.0 Å². The summed E-state index contributed by atoms with van der Waals surface area (Å²) in [6.45, 7) is 1.82. The zero-order valence-corrected chi connectivity index (χ0v) is 11.6. The molecular formula is C12H16ClNO3S. The van der Waals surface area contributed by atoms with E-state index in [1.54, 1.807) is 0 Å². The van der Waals surface area contributed by atoms with Crippen LogP contribution in [0.4, 0.5) is 0 Å². The Morgan fingerprint density at radius 3 is 2.67 bits per heavy atom. The predicted molar refractivity (Wildman–Crippen MR) is 69.9 cm³/mol. The summed E-state index contributed by atoms with van der Waals surface area (Å²) in [5.74, 6) is 0.580. The largest absolute Gasteiger partial charge is 0.392 e. The minimum atomic E-state index is -3.51. The van der Waals surface area contributed by atoms with E-state index in [4.69, 9.17) is 16.7 Å². The number of aliphatic hydroxyl groups is 1. The fourth-order valence-corrected chi connectivity index (χ4v) is 3.61. The van der Waals surface area contributed by atoms with E-state index in [0.717, 1.165) is 12.8 Å². The van der Waals surface area contributed by atoms with Crippen LogP contribution in [0.15, 0.2) is 23.1 Å². The van der Waals surface area contributed by atoms with E-state index in [1.807, 2.05) is 0 Å². The Labute approximate surface area is 112 Å². The monoisotopic (exact) mass is 289 g/mol. The van der Waals surface area contributed by atoms with E-state index in [9.17, 15) is 8.42 Å². The molecule has 0 heterocycles. The first-order valence-corrected chi connectivity index (χ1v) is 7.70. The van der Waals surface area contributed by atoms with E-state index in [1.165, 1.54) is 18.2 Å². The number of halogens is 1. The normalized spacial score (nSPS) is 23.7. The molecule has 2 N–H and O–H groups in total. The molecule has 1 aliphatic carbocycles. The molecule has 18 heavy (non-hydrogen) atoms. The maximum atomic E-state index is 12.1. The van der Waals surface area contributed by atoms with Crippen LogP contribution >= 0.6 is 11.6 Å². The molecule has 1 saturated carbocycles. The van der Waals surface area contributed by atoms with Gasteiger partial charge in [-0.05, 0) is 42.5 Å². The van der Waals surface area contributed by atoms with Gasteiger partial charge in [0.15, 0.2) is 0 Å². The number of nitrogens with one attached hydrogen (secondary N) is 1. The molecule has 0 aliphatic heterocycles. The quantitative estimate of drug-likeness (QED) is 0.890. The zero-order valence-electron chi connectivity index (χ0n) is 10.1. The van der Waals surface area contributed by atoms with Gasteiger partial charge >= 0.3 is 0 Å². The number of hydrogen-bond acceptors (Lipinski definition) is 3. The molecule has 1 fully saturated rings. The Morgan fingerprint density at radius 2 is 2.11 bits per heavy atom. The highest BCUT2D eigenvalue weighted by molar-refractivity contribution is 7.89. The number of aliphatic hydroxyl groups excluding tert-OH is 1. The van der Waals surface area contributed by atoms with Crippen LogP contribution in [0.2, 0.25) is 5.02 Å². The summed E-state index contributed by atoms with van der Waals surface area (Å²) in [7, 11) is -3.51. The van der Waals surface area contributed by atoms with Gasteiger partial charge in [0, 0.05) is 11.1 Å². The Hall–Kier alpha value is -0.620. The highest BCUT2D eigenvalue weighted by Gasteiger charge is 2.29. The molecule has 1 aliphatic rings. The predicted octanol–water partition coefficient (Wildman–Crippen LogP) is 1.91. The second kappa shape index (κ2) is 5.17. The van der Waals surface area contributed by atoms with Crippen molar-refractivity contribution in [1.82, 2.24) is 4.72 Å². The molecule has 0 saturated heterocycles. The van der Waals surface area contributed by atoms with Crippen molar-refractivity contribution in [2.45, 2.75) is 37.3 Å². The Balaban J connectivity index is 2.19. The molecule has 0 aromatic heterocycles. The number of rotatable bonds is 4. The molecule has 1 aromatic carbocycles. The summed E-state index contributed by atoms with van der Waals surface area (Å²) in [4.78, 5) is 0.149. The third-order valence-electron chi connectivity index (χ3n) is 3.19. The SMILES string of the molecule is CC1CC(NS(=O)(=O)c2ccc(Cl)c(CO)c2)C1. The summed E-state index contributed by atoms with van der Waals surface area (Å²) in [6.07, 6.45) is 1.75. The topological polar surface area (TPSA) is 66.4 Å². The Bertz CT molecular complexity index is 538. The molecule has 1 aromatic rings. The van der Waals surface area contributed by atoms with E-state index in [0.29, 0.717) is 16.5 Å². The molecule has 100 valence electrons. The smallest absolute Gasteiger partial charge is 0.240 e. The molecule has 0 spiro atoms. The van der Waals surface area contributed by atoms with E-state index in [2.05, 4.69) is 11.6 Å². The van der Waals surface area contributed by atoms with Crippen molar-refractivity contribution in [3.8, 4) is 0 Å². The number of sulfonamides is 1. The van der Waals surface area contributed by atoms with Crippen LogP contribution in [0.1, 0.15) is 25.3 Å². The van der Waals surface area contributed by atoms with Gasteiger partial charge in [-0.25, -0.2) is 13.1 Å². The molecule has 6 heteroatoms. The first kappa shape index (κ1) is 13.8. The summed E-state index contributed by atoms with van der Waals surface area (Å²) < 4.78 is 26.8. The maximum absolute atomic E-state index is 12.1. The minimum Gasteiger partial charge on any atom is -0.392 e. The van der Waals surface area contributed by atoms with Crippen molar-refractivity contribution in [2.75, 3.05) is 0 Å². The summed E-state index contributed by atoms with van der Waals surface area (Å²) >= 11 is 5.83. The van der Waals surface area contributed by atoms with Crippen molar-refractivity contribution < 1.29 is 13.5 Å². The molecule has 4 nitrogen and oxygen atoms in total. The Morgan fingerprint density at radius 1 is 1.44 bits per heavy atom. The van der Waals surface area contributed by atoms with Crippen LogP contribution in [0.25, 0.3) is 0 Å². The van der Waals surface area contributed by atoms with E-state index in [-0.39, 0.29) is 17.5 Å². The standard InChI is InChI=1S/C12H16ClNO3S/c1-8-4-10(5-8)14-18(16,17)11-2-3-12(13)9(6-11)7-15/h2-3,6,8,10,14-15H,4-5,7H2,1H3. The molecule has 0 amide bonds. The van der Waals surface area contributed by atoms with Gasteiger partial charge in [-0.1, -0.05) is 18.5 Å². The maximum Gasteiger partial charge on any atom is 0.240 e. The Kier molecular flexibility index (Phi) is 3.96. The average molecular weight is 290 g/mol. The number of hydrogen-bond donors (Lipinski definition) is 2. The van der Waals surface area contributed by atoms with Gasteiger partial charge in [-0.15, -0.1) is 0 Å². The molecule has 0 radical (unpaired) electrons. The van der Waals surface area contributed by atoms with Crippen molar-refractivity contribution in [1.29, 1.82) is 0 Å². The lowest BCUT2D eigenvalue weighted by Crippen LogP contribution is -2.43. The molecule has 0 bridgehead atoms. The minimum absolute atomic E-state index is 0.0262. The van der Waals surface area contributed by atoms with Gasteiger partial charge in [0.05, 0.1) is 11.5 Å². The molecule has 0 atom stereocenters. The lowest BCUT2D eigenvalue weighted by molar-refractivity contribution is 0.270. The second-order valence-electron chi connectivity index (χ2n) is 4.81. The highest BCUT2D eigenvalue weighted by atomic mass is 35.5. The van der Waals surface area contributed by atoms with Crippen LogP contribution < -0.4 is 4.72 Å². The third kappa shape index (κ3) is 2.85. The summed E-state index contributed by atoms with van der Waals surface area (Å²) in [6, 6.07) is 4.38. The fourth-order valence-electron chi connectivity index (χ4n) is 2.13. The molecular weight excluding hydrogens is 274 g/mol. The van der Waals surface area contributed by atoms with Crippen molar-refractivity contribution in [2.24, 2.45) is 5.92 Å². The first-order valence-electron chi connectivity index (χ1n) is 5.84. The fraction of sp³-hybridized carbons (Fsp3) is 0.500. The van der Waals surface area contributed by atoms with Gasteiger partial charge in [-0.3, -0.25) is 0 Å². The summed E-state index contributed by atoms with van der Waals surface area (Å²) in [5, 5.41) is 9.45. The molecule has 2 rings (SSSR count). The second-order valence-corrected chi connectivity index (χ2v) is 6.93. The summed E-state index contributed by atoms with van der Waals surface area (Å²) in [5.41, 5.74) is 0.418. The lowest BCUT2D eigenvalue weighted by Gasteiger charge is -2.32. The third-order valence-corrected chi connectivity index (χ3v) is 5.08. The van der Waals surface area contributed by atoms with E-state index >= 15 is 0 Å². The van der Waals surface area contributed by atoms with Crippen molar-refractivity contribution >= 4 is 21.6 Å². The van der Waals surface area contributed by atoms with Crippen LogP contribution in [-0.2, 0) is 16.6 Å².